The van der Waals surface area contributed by atoms with Crippen molar-refractivity contribution in [2.45, 2.75) is 37.8 Å². The maximum absolute atomic E-state index is 9.31. The van der Waals surface area contributed by atoms with Gasteiger partial charge in [0, 0.05) is 12.6 Å². The summed E-state index contributed by atoms with van der Waals surface area (Å²) in [5.41, 5.74) is 0. The summed E-state index contributed by atoms with van der Waals surface area (Å²) in [5.74, 6) is 0.946. The number of guanidine groups is 1. The largest absolute Gasteiger partial charge is 0.393 e. The van der Waals surface area contributed by atoms with Crippen molar-refractivity contribution < 1.29 is 5.11 Å². The SMILES string of the molecule is OC1CCC(NC2=NCCN2)CC1. The van der Waals surface area contributed by atoms with Crippen LogP contribution in [0.4, 0.5) is 0 Å². The molecule has 2 aliphatic rings. The highest BCUT2D eigenvalue weighted by atomic mass is 16.3. The standard InChI is InChI=1S/C9H17N3O/c13-8-3-1-7(2-4-8)12-9-10-5-6-11-9/h7-8,13H,1-6H2,(H2,10,11,12). The van der Waals surface area contributed by atoms with E-state index in [4.69, 9.17) is 0 Å². The average Bonchev–Trinajstić information content (AvgIpc) is 2.62. The second-order valence-corrected chi connectivity index (χ2v) is 3.81. The summed E-state index contributed by atoms with van der Waals surface area (Å²) in [6.45, 7) is 1.84. The summed E-state index contributed by atoms with van der Waals surface area (Å²) in [6, 6.07) is 0.507. The first-order chi connectivity index (χ1) is 6.34. The molecule has 0 amide bonds. The Morgan fingerprint density at radius 1 is 1.31 bits per heavy atom. The number of nitrogens with one attached hydrogen (secondary N) is 2. The Morgan fingerprint density at radius 2 is 2.08 bits per heavy atom. The molecular formula is C9H17N3O. The van der Waals surface area contributed by atoms with Gasteiger partial charge in [-0.3, -0.25) is 4.99 Å². The van der Waals surface area contributed by atoms with E-state index in [1.165, 1.54) is 0 Å². The fraction of sp³-hybridized carbons (Fsp3) is 0.889. The van der Waals surface area contributed by atoms with Gasteiger partial charge in [0.1, 0.15) is 0 Å². The molecule has 4 heteroatoms. The Hall–Kier alpha value is -0.770. The van der Waals surface area contributed by atoms with Crippen LogP contribution in [-0.2, 0) is 0 Å². The van der Waals surface area contributed by atoms with Crippen molar-refractivity contribution in [3.8, 4) is 0 Å². The third kappa shape index (κ3) is 2.34. The number of hydrogen-bond acceptors (Lipinski definition) is 4. The molecule has 0 atom stereocenters. The molecule has 3 N–H and O–H groups in total. The second-order valence-electron chi connectivity index (χ2n) is 3.81. The van der Waals surface area contributed by atoms with E-state index in [1.807, 2.05) is 0 Å². The van der Waals surface area contributed by atoms with E-state index in [1.54, 1.807) is 0 Å². The van der Waals surface area contributed by atoms with E-state index in [0.29, 0.717) is 6.04 Å². The van der Waals surface area contributed by atoms with Crippen molar-refractivity contribution in [1.29, 1.82) is 0 Å². The van der Waals surface area contributed by atoms with E-state index in [0.717, 1.165) is 44.7 Å². The normalized spacial score (nSPS) is 33.8. The molecular weight excluding hydrogens is 166 g/mol. The van der Waals surface area contributed by atoms with Crippen molar-refractivity contribution in [3.63, 3.8) is 0 Å². The van der Waals surface area contributed by atoms with Gasteiger partial charge in [-0.05, 0) is 25.7 Å². The van der Waals surface area contributed by atoms with E-state index in [-0.39, 0.29) is 6.10 Å². The van der Waals surface area contributed by atoms with Gasteiger partial charge >= 0.3 is 0 Å². The molecule has 4 nitrogen and oxygen atoms in total. The first kappa shape index (κ1) is 8.81. The maximum Gasteiger partial charge on any atom is 0.191 e. The Bertz CT molecular complexity index is 197. The minimum atomic E-state index is -0.0727. The van der Waals surface area contributed by atoms with Crippen molar-refractivity contribution in [1.82, 2.24) is 10.6 Å². The lowest BCUT2D eigenvalue weighted by Gasteiger charge is -2.26. The van der Waals surface area contributed by atoms with Gasteiger partial charge in [-0.1, -0.05) is 0 Å². The number of aliphatic hydroxyl groups excluding tert-OH is 1. The molecule has 0 unspecified atom stereocenters. The molecule has 1 fully saturated rings. The van der Waals surface area contributed by atoms with Crippen LogP contribution in [0.5, 0.6) is 0 Å². The van der Waals surface area contributed by atoms with Gasteiger partial charge < -0.3 is 15.7 Å². The van der Waals surface area contributed by atoms with Crippen LogP contribution >= 0.6 is 0 Å². The van der Waals surface area contributed by atoms with Gasteiger partial charge in [-0.15, -0.1) is 0 Å². The molecule has 13 heavy (non-hydrogen) atoms. The molecule has 1 aliphatic carbocycles. The van der Waals surface area contributed by atoms with Gasteiger partial charge in [0.25, 0.3) is 0 Å². The molecule has 1 heterocycles. The van der Waals surface area contributed by atoms with Crippen molar-refractivity contribution in [2.24, 2.45) is 4.99 Å². The molecule has 1 aliphatic heterocycles. The molecule has 74 valence electrons. The monoisotopic (exact) mass is 183 g/mol. The van der Waals surface area contributed by atoms with Crippen LogP contribution in [0.15, 0.2) is 4.99 Å². The van der Waals surface area contributed by atoms with Crippen molar-refractivity contribution >= 4 is 5.96 Å². The molecule has 0 saturated heterocycles. The maximum atomic E-state index is 9.31. The number of hydrogen-bond donors (Lipinski definition) is 3. The molecule has 2 rings (SSSR count). The number of nitrogens with zero attached hydrogens (tertiary/aromatic N) is 1. The zero-order valence-electron chi connectivity index (χ0n) is 7.79. The molecule has 0 aromatic rings. The van der Waals surface area contributed by atoms with Crippen LogP contribution in [0.2, 0.25) is 0 Å². The van der Waals surface area contributed by atoms with Gasteiger partial charge in [-0.2, -0.15) is 0 Å². The average molecular weight is 183 g/mol. The summed E-state index contributed by atoms with van der Waals surface area (Å²) in [5, 5.41) is 15.9. The Kier molecular flexibility index (Phi) is 2.68. The van der Waals surface area contributed by atoms with Crippen LogP contribution in [0.3, 0.4) is 0 Å². The number of aliphatic hydroxyl groups is 1. The minimum Gasteiger partial charge on any atom is -0.393 e. The van der Waals surface area contributed by atoms with Gasteiger partial charge in [0.05, 0.1) is 12.6 Å². The Labute approximate surface area is 78.4 Å². The van der Waals surface area contributed by atoms with E-state index >= 15 is 0 Å². The van der Waals surface area contributed by atoms with Crippen molar-refractivity contribution in [3.05, 3.63) is 0 Å². The Balaban J connectivity index is 1.75. The summed E-state index contributed by atoms with van der Waals surface area (Å²) in [7, 11) is 0. The van der Waals surface area contributed by atoms with E-state index < -0.39 is 0 Å². The Morgan fingerprint density at radius 3 is 2.69 bits per heavy atom. The summed E-state index contributed by atoms with van der Waals surface area (Å²) >= 11 is 0. The van der Waals surface area contributed by atoms with Gasteiger partial charge in [0.15, 0.2) is 5.96 Å². The highest BCUT2D eigenvalue weighted by molar-refractivity contribution is 5.81. The molecule has 0 aromatic heterocycles. The fourth-order valence-electron chi connectivity index (χ4n) is 1.91. The van der Waals surface area contributed by atoms with E-state index in [2.05, 4.69) is 15.6 Å². The molecule has 0 aromatic carbocycles. The highest BCUT2D eigenvalue weighted by Gasteiger charge is 2.20. The lowest BCUT2D eigenvalue weighted by Crippen LogP contribution is -2.43. The van der Waals surface area contributed by atoms with Gasteiger partial charge in [-0.25, -0.2) is 0 Å². The quantitative estimate of drug-likeness (QED) is 0.529. The second kappa shape index (κ2) is 3.96. The van der Waals surface area contributed by atoms with Crippen LogP contribution in [-0.4, -0.2) is 36.3 Å². The van der Waals surface area contributed by atoms with E-state index in [9.17, 15) is 5.11 Å². The summed E-state index contributed by atoms with van der Waals surface area (Å²) in [4.78, 5) is 4.28. The first-order valence-electron chi connectivity index (χ1n) is 5.07. The van der Waals surface area contributed by atoms with Crippen LogP contribution in [0, 0.1) is 0 Å². The number of aliphatic imine (C=N–C) groups is 1. The van der Waals surface area contributed by atoms with Crippen molar-refractivity contribution in [2.75, 3.05) is 13.1 Å². The topological polar surface area (TPSA) is 56.6 Å². The lowest BCUT2D eigenvalue weighted by molar-refractivity contribution is 0.120. The minimum absolute atomic E-state index is 0.0727. The summed E-state index contributed by atoms with van der Waals surface area (Å²) in [6.07, 6.45) is 3.89. The number of rotatable bonds is 1. The molecule has 0 bridgehead atoms. The summed E-state index contributed by atoms with van der Waals surface area (Å²) < 4.78 is 0. The third-order valence-corrected chi connectivity index (χ3v) is 2.71. The molecule has 0 spiro atoms. The first-order valence-corrected chi connectivity index (χ1v) is 5.07. The molecule has 0 radical (unpaired) electrons. The predicted molar refractivity (Wildman–Crippen MR) is 51.7 cm³/mol. The van der Waals surface area contributed by atoms with Crippen LogP contribution < -0.4 is 10.6 Å². The zero-order valence-corrected chi connectivity index (χ0v) is 7.79. The highest BCUT2D eigenvalue weighted by Crippen LogP contribution is 2.18. The smallest absolute Gasteiger partial charge is 0.191 e. The third-order valence-electron chi connectivity index (χ3n) is 2.71. The molecule has 1 saturated carbocycles. The van der Waals surface area contributed by atoms with Crippen LogP contribution in [0.25, 0.3) is 0 Å². The van der Waals surface area contributed by atoms with Gasteiger partial charge in [0.2, 0.25) is 0 Å². The fourth-order valence-corrected chi connectivity index (χ4v) is 1.91. The predicted octanol–water partition coefficient (Wildman–Crippen LogP) is -0.161. The zero-order chi connectivity index (χ0) is 9.10. The van der Waals surface area contributed by atoms with Crippen LogP contribution in [0.1, 0.15) is 25.7 Å². The lowest BCUT2D eigenvalue weighted by atomic mass is 9.93.